The van der Waals surface area contributed by atoms with E-state index >= 15 is 0 Å². The van der Waals surface area contributed by atoms with Crippen molar-refractivity contribution in [1.82, 2.24) is 0 Å². The van der Waals surface area contributed by atoms with Crippen LogP contribution < -0.4 is 0 Å². The molecule has 16 heavy (non-hydrogen) atoms. The first kappa shape index (κ1) is 12.8. The van der Waals surface area contributed by atoms with Crippen molar-refractivity contribution in [2.24, 2.45) is 5.41 Å². The Morgan fingerprint density at radius 3 is 2.75 bits per heavy atom. The summed E-state index contributed by atoms with van der Waals surface area (Å²) in [4.78, 5) is 11.9. The van der Waals surface area contributed by atoms with E-state index in [-0.39, 0.29) is 5.97 Å². The third-order valence-electron chi connectivity index (χ3n) is 3.18. The first-order valence-electron chi connectivity index (χ1n) is 5.99. The van der Waals surface area contributed by atoms with Crippen molar-refractivity contribution in [2.75, 3.05) is 6.61 Å². The van der Waals surface area contributed by atoms with Crippen LogP contribution in [0.3, 0.4) is 0 Å². The van der Waals surface area contributed by atoms with E-state index in [0.29, 0.717) is 13.0 Å². The van der Waals surface area contributed by atoms with Crippen molar-refractivity contribution in [3.8, 4) is 6.07 Å². The first-order valence-corrected chi connectivity index (χ1v) is 5.99. The van der Waals surface area contributed by atoms with Gasteiger partial charge in [-0.15, -0.1) is 0 Å². The van der Waals surface area contributed by atoms with Gasteiger partial charge in [0.25, 0.3) is 0 Å². The summed E-state index contributed by atoms with van der Waals surface area (Å²) >= 11 is 0. The lowest BCUT2D eigenvalue weighted by Gasteiger charge is -2.28. The number of ether oxygens (including phenoxy) is 1. The Balaban J connectivity index is 3.00. The molecule has 0 amide bonds. The summed E-state index contributed by atoms with van der Waals surface area (Å²) in [5.74, 6) is -0.381. The summed E-state index contributed by atoms with van der Waals surface area (Å²) in [7, 11) is 0. The molecule has 1 atom stereocenters. The van der Waals surface area contributed by atoms with E-state index < -0.39 is 5.41 Å². The highest BCUT2D eigenvalue weighted by Crippen LogP contribution is 2.38. The predicted octanol–water partition coefficient (Wildman–Crippen LogP) is 2.97. The highest BCUT2D eigenvalue weighted by Gasteiger charge is 2.42. The lowest BCUT2D eigenvalue weighted by molar-refractivity contribution is -0.150. The SMILES string of the molecule is CCOC(=O)[C@](C#N)(CC)C1=CCCCC1. The van der Waals surface area contributed by atoms with Crippen LogP contribution >= 0.6 is 0 Å². The van der Waals surface area contributed by atoms with Gasteiger partial charge in [0, 0.05) is 0 Å². The average Bonchev–Trinajstić information content (AvgIpc) is 2.33. The largest absolute Gasteiger partial charge is 0.465 e. The lowest BCUT2D eigenvalue weighted by Crippen LogP contribution is -2.33. The van der Waals surface area contributed by atoms with Gasteiger partial charge in [-0.25, -0.2) is 4.79 Å². The lowest BCUT2D eigenvalue weighted by atomic mass is 9.74. The summed E-state index contributed by atoms with van der Waals surface area (Å²) in [6.07, 6.45) is 6.58. The normalized spacial score (nSPS) is 19.2. The van der Waals surface area contributed by atoms with E-state index in [0.717, 1.165) is 31.3 Å². The fraction of sp³-hybridized carbons (Fsp3) is 0.692. The van der Waals surface area contributed by atoms with Crippen LogP contribution in [0, 0.1) is 16.7 Å². The van der Waals surface area contributed by atoms with Crippen LogP contribution in [0.4, 0.5) is 0 Å². The van der Waals surface area contributed by atoms with Crippen molar-refractivity contribution >= 4 is 5.97 Å². The monoisotopic (exact) mass is 221 g/mol. The minimum absolute atomic E-state index is 0.329. The molecule has 0 aliphatic heterocycles. The molecule has 0 N–H and O–H groups in total. The molecule has 0 heterocycles. The maximum Gasteiger partial charge on any atom is 0.330 e. The Kier molecular flexibility index (Phi) is 4.54. The number of allylic oxidation sites excluding steroid dienone is 1. The second-order valence-electron chi connectivity index (χ2n) is 4.07. The van der Waals surface area contributed by atoms with Crippen molar-refractivity contribution in [3.05, 3.63) is 11.6 Å². The summed E-state index contributed by atoms with van der Waals surface area (Å²) in [6.45, 7) is 3.97. The molecule has 0 aromatic rings. The van der Waals surface area contributed by atoms with Crippen LogP contribution in [0.1, 0.15) is 46.0 Å². The zero-order chi connectivity index (χ0) is 12.0. The minimum Gasteiger partial charge on any atom is -0.465 e. The minimum atomic E-state index is -1.03. The van der Waals surface area contributed by atoms with E-state index in [4.69, 9.17) is 4.74 Å². The van der Waals surface area contributed by atoms with Crippen LogP contribution in [-0.2, 0) is 9.53 Å². The molecule has 1 aliphatic carbocycles. The van der Waals surface area contributed by atoms with Crippen molar-refractivity contribution in [2.45, 2.75) is 46.0 Å². The smallest absolute Gasteiger partial charge is 0.330 e. The molecular formula is C13H19NO2. The van der Waals surface area contributed by atoms with Gasteiger partial charge in [-0.2, -0.15) is 5.26 Å². The molecule has 1 aliphatic rings. The van der Waals surface area contributed by atoms with Crippen LogP contribution in [0.15, 0.2) is 11.6 Å². The number of carbonyl (C=O) groups is 1. The average molecular weight is 221 g/mol. The van der Waals surface area contributed by atoms with E-state index in [1.165, 1.54) is 0 Å². The topological polar surface area (TPSA) is 50.1 Å². The number of esters is 1. The van der Waals surface area contributed by atoms with Crippen molar-refractivity contribution < 1.29 is 9.53 Å². The molecule has 0 bridgehead atoms. The highest BCUT2D eigenvalue weighted by atomic mass is 16.5. The van der Waals surface area contributed by atoms with Gasteiger partial charge < -0.3 is 4.74 Å². The zero-order valence-corrected chi connectivity index (χ0v) is 10.1. The van der Waals surface area contributed by atoms with Gasteiger partial charge in [0.05, 0.1) is 12.7 Å². The van der Waals surface area contributed by atoms with Crippen molar-refractivity contribution in [3.63, 3.8) is 0 Å². The summed E-state index contributed by atoms with van der Waals surface area (Å²) < 4.78 is 5.04. The van der Waals surface area contributed by atoms with Gasteiger partial charge >= 0.3 is 5.97 Å². The number of carbonyl (C=O) groups excluding carboxylic acids is 1. The molecular weight excluding hydrogens is 202 g/mol. The second-order valence-corrected chi connectivity index (χ2v) is 4.07. The molecule has 1 rings (SSSR count). The Labute approximate surface area is 97.1 Å². The molecule has 0 fully saturated rings. The molecule has 3 heteroatoms. The summed E-state index contributed by atoms with van der Waals surface area (Å²) in [6, 6.07) is 2.18. The quantitative estimate of drug-likeness (QED) is 0.541. The Morgan fingerprint density at radius 2 is 2.31 bits per heavy atom. The maximum absolute atomic E-state index is 11.9. The number of hydrogen-bond acceptors (Lipinski definition) is 3. The molecule has 0 unspecified atom stereocenters. The van der Waals surface area contributed by atoms with Crippen LogP contribution in [-0.4, -0.2) is 12.6 Å². The van der Waals surface area contributed by atoms with Gasteiger partial charge in [0.1, 0.15) is 0 Å². The zero-order valence-electron chi connectivity index (χ0n) is 10.1. The van der Waals surface area contributed by atoms with Crippen LogP contribution in [0.5, 0.6) is 0 Å². The van der Waals surface area contributed by atoms with E-state index in [1.807, 2.05) is 13.0 Å². The van der Waals surface area contributed by atoms with Crippen molar-refractivity contribution in [1.29, 1.82) is 5.26 Å². The number of rotatable bonds is 4. The van der Waals surface area contributed by atoms with Crippen LogP contribution in [0.25, 0.3) is 0 Å². The number of nitrogens with zero attached hydrogens (tertiary/aromatic N) is 1. The molecule has 0 saturated carbocycles. The van der Waals surface area contributed by atoms with Gasteiger partial charge in [-0.1, -0.05) is 13.0 Å². The Bertz CT molecular complexity index is 327. The molecule has 88 valence electrons. The Hall–Kier alpha value is -1.30. The third kappa shape index (κ3) is 2.27. The van der Waals surface area contributed by atoms with E-state index in [2.05, 4.69) is 6.07 Å². The first-order chi connectivity index (χ1) is 7.71. The molecule has 0 radical (unpaired) electrons. The molecule has 3 nitrogen and oxygen atoms in total. The number of nitriles is 1. The molecule has 0 aromatic carbocycles. The van der Waals surface area contributed by atoms with E-state index in [1.54, 1.807) is 6.92 Å². The molecule has 0 aromatic heterocycles. The highest BCUT2D eigenvalue weighted by molar-refractivity contribution is 5.84. The molecule has 0 saturated heterocycles. The van der Waals surface area contributed by atoms with Gasteiger partial charge in [0.15, 0.2) is 5.41 Å². The predicted molar refractivity (Wildman–Crippen MR) is 61.5 cm³/mol. The fourth-order valence-corrected chi connectivity index (χ4v) is 2.18. The summed E-state index contributed by atoms with van der Waals surface area (Å²) in [5.41, 5.74) is -0.0709. The Morgan fingerprint density at radius 1 is 1.56 bits per heavy atom. The van der Waals surface area contributed by atoms with Gasteiger partial charge in [0.2, 0.25) is 0 Å². The van der Waals surface area contributed by atoms with Crippen LogP contribution in [0.2, 0.25) is 0 Å². The third-order valence-corrected chi connectivity index (χ3v) is 3.18. The maximum atomic E-state index is 11.9. The van der Waals surface area contributed by atoms with E-state index in [9.17, 15) is 10.1 Å². The summed E-state index contributed by atoms with van der Waals surface area (Å²) in [5, 5.41) is 9.33. The molecule has 0 spiro atoms. The number of hydrogen-bond donors (Lipinski definition) is 0. The fourth-order valence-electron chi connectivity index (χ4n) is 2.18. The second kappa shape index (κ2) is 5.69. The van der Waals surface area contributed by atoms with Gasteiger partial charge in [-0.3, -0.25) is 0 Å². The standard InChI is InChI=1S/C13H19NO2/c1-3-13(10-14,12(15)16-4-2)11-8-6-5-7-9-11/h8H,3-7,9H2,1-2H3/t13-/m0/s1. The van der Waals surface area contributed by atoms with Gasteiger partial charge in [-0.05, 0) is 44.6 Å².